The van der Waals surface area contributed by atoms with Crippen molar-refractivity contribution >= 4 is 17.6 Å². The maximum absolute atomic E-state index is 12.8. The summed E-state index contributed by atoms with van der Waals surface area (Å²) in [6, 6.07) is 12.1. The van der Waals surface area contributed by atoms with E-state index in [0.29, 0.717) is 25.2 Å². The normalized spacial score (nSPS) is 16.9. The number of hydrogen-bond acceptors (Lipinski definition) is 4. The first kappa shape index (κ1) is 17.5. The molecule has 2 aromatic rings. The van der Waals surface area contributed by atoms with Crippen LogP contribution in [0.15, 0.2) is 42.6 Å². The minimum absolute atomic E-state index is 0.0324. The number of fused-ring (bicyclic) bond motifs is 1. The number of nitrogens with zero attached hydrogens (tertiary/aromatic N) is 4. The molecule has 0 aliphatic carbocycles. The molecule has 0 bridgehead atoms. The number of rotatable bonds is 2. The number of hydrogen-bond donors (Lipinski definition) is 0. The van der Waals surface area contributed by atoms with Gasteiger partial charge in [-0.3, -0.25) is 9.59 Å². The van der Waals surface area contributed by atoms with Gasteiger partial charge in [-0.15, -0.1) is 0 Å². The summed E-state index contributed by atoms with van der Waals surface area (Å²) in [7, 11) is 0. The number of pyridine rings is 1. The van der Waals surface area contributed by atoms with E-state index in [4.69, 9.17) is 0 Å². The largest absolute Gasteiger partial charge is 0.353 e. The van der Waals surface area contributed by atoms with Crippen molar-refractivity contribution in [3.63, 3.8) is 0 Å². The summed E-state index contributed by atoms with van der Waals surface area (Å²) in [6.07, 6.45) is 2.57. The maximum atomic E-state index is 12.8. The van der Waals surface area contributed by atoms with E-state index >= 15 is 0 Å². The Morgan fingerprint density at radius 2 is 1.63 bits per heavy atom. The van der Waals surface area contributed by atoms with Crippen LogP contribution in [-0.4, -0.2) is 59.3 Å². The van der Waals surface area contributed by atoms with Gasteiger partial charge in [0.2, 0.25) is 5.91 Å². The third-order valence-electron chi connectivity index (χ3n) is 5.46. The van der Waals surface area contributed by atoms with Crippen molar-refractivity contribution in [1.29, 1.82) is 0 Å². The standard InChI is InChI=1S/C21H24N4O2/c1-16(26)23-10-12-24(13-11-23)20-7-6-18(14-22-20)21(27)25-9-8-17-4-2-3-5-19(17)15-25/h2-7,14H,8-13,15H2,1H3. The molecule has 6 nitrogen and oxygen atoms in total. The highest BCUT2D eigenvalue weighted by atomic mass is 16.2. The molecule has 1 aromatic heterocycles. The van der Waals surface area contributed by atoms with Crippen molar-refractivity contribution in [2.75, 3.05) is 37.6 Å². The lowest BCUT2D eigenvalue weighted by Gasteiger charge is -2.35. The monoisotopic (exact) mass is 364 g/mol. The first-order valence-electron chi connectivity index (χ1n) is 9.44. The fraction of sp³-hybridized carbons (Fsp3) is 0.381. The van der Waals surface area contributed by atoms with Gasteiger partial charge in [0.05, 0.1) is 5.56 Å². The zero-order valence-electron chi connectivity index (χ0n) is 15.6. The SMILES string of the molecule is CC(=O)N1CCN(c2ccc(C(=O)N3CCc4ccccc4C3)cn2)CC1. The zero-order valence-corrected chi connectivity index (χ0v) is 15.6. The van der Waals surface area contributed by atoms with Gasteiger partial charge in [-0.05, 0) is 29.7 Å². The molecular formula is C21H24N4O2. The van der Waals surface area contributed by atoms with Gasteiger partial charge in [-0.1, -0.05) is 24.3 Å². The van der Waals surface area contributed by atoms with Crippen LogP contribution in [0.1, 0.15) is 28.4 Å². The summed E-state index contributed by atoms with van der Waals surface area (Å²) in [4.78, 5) is 34.7. The minimum atomic E-state index is 0.0324. The van der Waals surface area contributed by atoms with Crippen LogP contribution in [0.4, 0.5) is 5.82 Å². The van der Waals surface area contributed by atoms with Gasteiger partial charge in [0.15, 0.2) is 0 Å². The van der Waals surface area contributed by atoms with E-state index in [1.54, 1.807) is 13.1 Å². The molecule has 0 spiro atoms. The summed E-state index contributed by atoms with van der Waals surface area (Å²) < 4.78 is 0. The van der Waals surface area contributed by atoms with Gasteiger partial charge in [0.25, 0.3) is 5.91 Å². The molecule has 2 amide bonds. The van der Waals surface area contributed by atoms with E-state index in [0.717, 1.165) is 31.9 Å². The molecule has 1 saturated heterocycles. The van der Waals surface area contributed by atoms with Gasteiger partial charge in [0, 0.05) is 52.4 Å². The topological polar surface area (TPSA) is 56.8 Å². The third-order valence-corrected chi connectivity index (χ3v) is 5.46. The molecule has 0 radical (unpaired) electrons. The molecule has 3 heterocycles. The number of anilines is 1. The van der Waals surface area contributed by atoms with Gasteiger partial charge in [0.1, 0.15) is 5.82 Å². The van der Waals surface area contributed by atoms with Crippen molar-refractivity contribution < 1.29 is 9.59 Å². The van der Waals surface area contributed by atoms with Crippen LogP contribution >= 0.6 is 0 Å². The van der Waals surface area contributed by atoms with Crippen LogP contribution in [-0.2, 0) is 17.8 Å². The van der Waals surface area contributed by atoms with E-state index in [1.807, 2.05) is 28.0 Å². The van der Waals surface area contributed by atoms with E-state index in [2.05, 4.69) is 28.1 Å². The average Bonchev–Trinajstić information content (AvgIpc) is 2.73. The van der Waals surface area contributed by atoms with Crippen molar-refractivity contribution in [2.45, 2.75) is 19.9 Å². The second-order valence-electron chi connectivity index (χ2n) is 7.14. The van der Waals surface area contributed by atoms with Gasteiger partial charge in [-0.25, -0.2) is 4.98 Å². The van der Waals surface area contributed by atoms with Crippen LogP contribution < -0.4 is 4.90 Å². The zero-order chi connectivity index (χ0) is 18.8. The molecule has 1 aromatic carbocycles. The predicted octanol–water partition coefficient (Wildman–Crippen LogP) is 1.95. The average molecular weight is 364 g/mol. The summed E-state index contributed by atoms with van der Waals surface area (Å²) in [5.41, 5.74) is 3.19. The van der Waals surface area contributed by atoms with Crippen molar-refractivity contribution in [1.82, 2.24) is 14.8 Å². The maximum Gasteiger partial charge on any atom is 0.255 e. The Labute approximate surface area is 159 Å². The molecule has 140 valence electrons. The third kappa shape index (κ3) is 3.65. The molecule has 2 aliphatic rings. The fourth-order valence-electron chi connectivity index (χ4n) is 3.80. The quantitative estimate of drug-likeness (QED) is 0.817. The molecule has 0 atom stereocenters. The highest BCUT2D eigenvalue weighted by Crippen LogP contribution is 2.21. The number of amides is 2. The van der Waals surface area contributed by atoms with E-state index < -0.39 is 0 Å². The minimum Gasteiger partial charge on any atom is -0.353 e. The highest BCUT2D eigenvalue weighted by molar-refractivity contribution is 5.94. The Hall–Kier alpha value is -2.89. The Morgan fingerprint density at radius 3 is 2.30 bits per heavy atom. The molecular weight excluding hydrogens is 340 g/mol. The fourth-order valence-corrected chi connectivity index (χ4v) is 3.80. The first-order valence-corrected chi connectivity index (χ1v) is 9.44. The van der Waals surface area contributed by atoms with Gasteiger partial charge >= 0.3 is 0 Å². The van der Waals surface area contributed by atoms with Gasteiger partial charge in [-0.2, -0.15) is 0 Å². The van der Waals surface area contributed by atoms with E-state index in [9.17, 15) is 9.59 Å². The molecule has 4 rings (SSSR count). The van der Waals surface area contributed by atoms with Crippen LogP contribution in [0.5, 0.6) is 0 Å². The van der Waals surface area contributed by atoms with Crippen molar-refractivity contribution in [2.24, 2.45) is 0 Å². The summed E-state index contributed by atoms with van der Waals surface area (Å²) >= 11 is 0. The number of benzene rings is 1. The van der Waals surface area contributed by atoms with Crippen LogP contribution in [0.25, 0.3) is 0 Å². The number of piperazine rings is 1. The lowest BCUT2D eigenvalue weighted by molar-refractivity contribution is -0.129. The number of aromatic nitrogens is 1. The van der Waals surface area contributed by atoms with Crippen LogP contribution in [0.3, 0.4) is 0 Å². The second-order valence-corrected chi connectivity index (χ2v) is 7.14. The van der Waals surface area contributed by atoms with Crippen molar-refractivity contribution in [3.05, 3.63) is 59.3 Å². The second kappa shape index (κ2) is 7.39. The smallest absolute Gasteiger partial charge is 0.255 e. The Balaban J connectivity index is 1.41. The molecule has 0 unspecified atom stereocenters. The van der Waals surface area contributed by atoms with Crippen LogP contribution in [0.2, 0.25) is 0 Å². The summed E-state index contributed by atoms with van der Waals surface area (Å²) in [5, 5.41) is 0. The Morgan fingerprint density at radius 1 is 0.889 bits per heavy atom. The first-order chi connectivity index (χ1) is 13.1. The van der Waals surface area contributed by atoms with E-state index in [-0.39, 0.29) is 11.8 Å². The Bertz CT molecular complexity index is 842. The number of carbonyl (C=O) groups excluding carboxylic acids is 2. The molecule has 6 heteroatoms. The lowest BCUT2D eigenvalue weighted by atomic mass is 9.99. The molecule has 2 aliphatic heterocycles. The molecule has 1 fully saturated rings. The van der Waals surface area contributed by atoms with Crippen LogP contribution in [0, 0.1) is 0 Å². The summed E-state index contributed by atoms with van der Waals surface area (Å²) in [5.74, 6) is 1.01. The number of carbonyl (C=O) groups is 2. The van der Waals surface area contributed by atoms with Crippen molar-refractivity contribution in [3.8, 4) is 0 Å². The summed E-state index contributed by atoms with van der Waals surface area (Å²) in [6.45, 7) is 5.96. The Kier molecular flexibility index (Phi) is 4.79. The molecule has 0 N–H and O–H groups in total. The highest BCUT2D eigenvalue weighted by Gasteiger charge is 2.23. The molecule has 0 saturated carbocycles. The predicted molar refractivity (Wildman–Crippen MR) is 104 cm³/mol. The molecule has 27 heavy (non-hydrogen) atoms. The van der Waals surface area contributed by atoms with E-state index in [1.165, 1.54) is 11.1 Å². The van der Waals surface area contributed by atoms with Gasteiger partial charge < -0.3 is 14.7 Å². The lowest BCUT2D eigenvalue weighted by Crippen LogP contribution is -2.48.